The number of rotatable bonds is 9. The molecule has 0 aromatic heterocycles. The summed E-state index contributed by atoms with van der Waals surface area (Å²) >= 11 is 0. The first-order valence-electron chi connectivity index (χ1n) is 6.62. The monoisotopic (exact) mass is 261 g/mol. The molecule has 0 bridgehead atoms. The predicted octanol–water partition coefficient (Wildman–Crippen LogP) is 2.63. The smallest absolute Gasteiger partial charge is 0.320 e. The molecule has 108 valence electrons. The van der Waals surface area contributed by atoms with Crippen molar-refractivity contribution < 1.29 is 19.8 Å². The van der Waals surface area contributed by atoms with Crippen LogP contribution in [0.15, 0.2) is 0 Å². The van der Waals surface area contributed by atoms with Crippen LogP contribution >= 0.6 is 0 Å². The van der Waals surface area contributed by atoms with E-state index in [9.17, 15) is 9.59 Å². The minimum Gasteiger partial charge on any atom is -0.481 e. The zero-order chi connectivity index (χ0) is 14.4. The molecule has 0 aliphatic carbocycles. The molecule has 0 amide bonds. The Bertz CT molecular complexity index is 217. The molecule has 0 saturated carbocycles. The normalized spacial score (nSPS) is 11.3. The number of carboxylic acids is 2. The van der Waals surface area contributed by atoms with Gasteiger partial charge in [-0.2, -0.15) is 0 Å². The van der Waals surface area contributed by atoms with E-state index in [0.717, 1.165) is 12.8 Å². The Balaban J connectivity index is 0. The molecule has 0 heterocycles. The molecule has 0 aliphatic rings. The second kappa shape index (κ2) is 14.0. The van der Waals surface area contributed by atoms with E-state index in [4.69, 9.17) is 15.9 Å². The van der Waals surface area contributed by atoms with Gasteiger partial charge in [0, 0.05) is 6.42 Å². The quantitative estimate of drug-likeness (QED) is 0.554. The lowest BCUT2D eigenvalue weighted by atomic mass is 10.1. The van der Waals surface area contributed by atoms with E-state index < -0.39 is 18.0 Å². The number of aliphatic carboxylic acids is 2. The van der Waals surface area contributed by atoms with Crippen molar-refractivity contribution in [3.8, 4) is 0 Å². The van der Waals surface area contributed by atoms with E-state index in [0.29, 0.717) is 6.42 Å². The van der Waals surface area contributed by atoms with Crippen molar-refractivity contribution >= 4 is 11.9 Å². The molecule has 5 nitrogen and oxygen atoms in total. The van der Waals surface area contributed by atoms with Crippen LogP contribution in [0.5, 0.6) is 0 Å². The van der Waals surface area contributed by atoms with E-state index in [-0.39, 0.29) is 0 Å². The van der Waals surface area contributed by atoms with Gasteiger partial charge in [-0.15, -0.1) is 0 Å². The van der Waals surface area contributed by atoms with Gasteiger partial charge in [-0.1, -0.05) is 45.4 Å². The summed E-state index contributed by atoms with van der Waals surface area (Å²) in [6, 6.07) is -0.731. The van der Waals surface area contributed by atoms with Crippen molar-refractivity contribution in [2.75, 3.05) is 0 Å². The van der Waals surface area contributed by atoms with Gasteiger partial charge in [0.05, 0.1) is 0 Å². The fourth-order valence-corrected chi connectivity index (χ4v) is 1.23. The average Bonchev–Trinajstić information content (AvgIpc) is 2.28. The molecular formula is C13H27NO4. The van der Waals surface area contributed by atoms with Gasteiger partial charge in [0.2, 0.25) is 0 Å². The highest BCUT2D eigenvalue weighted by molar-refractivity contribution is 5.72. The summed E-state index contributed by atoms with van der Waals surface area (Å²) in [5.74, 6) is -1.63. The van der Waals surface area contributed by atoms with Crippen LogP contribution in [0.2, 0.25) is 0 Å². The number of carbonyl (C=O) groups is 2. The highest BCUT2D eigenvalue weighted by Gasteiger charge is 1.99. The van der Waals surface area contributed by atoms with Crippen LogP contribution in [-0.4, -0.2) is 28.2 Å². The molecule has 0 radical (unpaired) electrons. The van der Waals surface area contributed by atoms with Gasteiger partial charge < -0.3 is 15.9 Å². The maximum Gasteiger partial charge on any atom is 0.320 e. The largest absolute Gasteiger partial charge is 0.481 e. The zero-order valence-corrected chi connectivity index (χ0v) is 11.5. The fourth-order valence-electron chi connectivity index (χ4n) is 1.23. The Kier molecular flexibility index (Phi) is 14.9. The highest BCUT2D eigenvalue weighted by Crippen LogP contribution is 2.07. The first-order valence-corrected chi connectivity index (χ1v) is 6.62. The third-order valence-corrected chi connectivity index (χ3v) is 2.38. The minimum atomic E-state index is -0.963. The van der Waals surface area contributed by atoms with Gasteiger partial charge >= 0.3 is 11.9 Å². The molecule has 5 heteroatoms. The van der Waals surface area contributed by atoms with Crippen LogP contribution < -0.4 is 5.73 Å². The van der Waals surface area contributed by atoms with Crippen molar-refractivity contribution in [3.05, 3.63) is 0 Å². The molecule has 0 spiro atoms. The van der Waals surface area contributed by atoms with Crippen molar-refractivity contribution in [2.45, 2.75) is 71.3 Å². The van der Waals surface area contributed by atoms with Gasteiger partial charge in [0.25, 0.3) is 0 Å². The second-order valence-electron chi connectivity index (χ2n) is 4.39. The SMILES string of the molecule is CCCCCCCCCC(=O)O.C[C@H](N)C(=O)O. The molecule has 0 aromatic rings. The summed E-state index contributed by atoms with van der Waals surface area (Å²) in [7, 11) is 0. The van der Waals surface area contributed by atoms with E-state index >= 15 is 0 Å². The second-order valence-corrected chi connectivity index (χ2v) is 4.39. The summed E-state index contributed by atoms with van der Waals surface area (Å²) in [5.41, 5.74) is 4.84. The predicted molar refractivity (Wildman–Crippen MR) is 71.5 cm³/mol. The molecule has 0 aromatic carbocycles. The minimum absolute atomic E-state index is 0.341. The van der Waals surface area contributed by atoms with Crippen molar-refractivity contribution in [3.63, 3.8) is 0 Å². The summed E-state index contributed by atoms with van der Waals surface area (Å²) < 4.78 is 0. The van der Waals surface area contributed by atoms with Gasteiger partial charge in [-0.05, 0) is 13.3 Å². The third-order valence-electron chi connectivity index (χ3n) is 2.38. The number of carboxylic acid groups (broad SMARTS) is 2. The summed E-state index contributed by atoms with van der Waals surface area (Å²) in [5, 5.41) is 16.2. The number of unbranched alkanes of at least 4 members (excludes halogenated alkanes) is 6. The molecule has 0 saturated heterocycles. The zero-order valence-electron chi connectivity index (χ0n) is 11.5. The molecule has 18 heavy (non-hydrogen) atoms. The van der Waals surface area contributed by atoms with E-state index in [1.165, 1.54) is 39.0 Å². The first kappa shape index (κ1) is 19.2. The molecule has 0 fully saturated rings. The summed E-state index contributed by atoms with van der Waals surface area (Å²) in [4.78, 5) is 19.7. The Morgan fingerprint density at radius 1 is 1.00 bits per heavy atom. The van der Waals surface area contributed by atoms with E-state index in [1.54, 1.807) is 0 Å². The Morgan fingerprint density at radius 2 is 1.39 bits per heavy atom. The molecule has 0 aliphatic heterocycles. The molecular weight excluding hydrogens is 234 g/mol. The Hall–Kier alpha value is -1.10. The van der Waals surface area contributed by atoms with E-state index in [1.807, 2.05) is 0 Å². The lowest BCUT2D eigenvalue weighted by molar-refractivity contribution is -0.138. The van der Waals surface area contributed by atoms with Crippen LogP contribution in [0.3, 0.4) is 0 Å². The summed E-state index contributed by atoms with van der Waals surface area (Å²) in [6.45, 7) is 3.62. The van der Waals surface area contributed by atoms with Crippen molar-refractivity contribution in [1.82, 2.24) is 0 Å². The van der Waals surface area contributed by atoms with Gasteiger partial charge in [0.15, 0.2) is 0 Å². The van der Waals surface area contributed by atoms with Gasteiger partial charge in [0.1, 0.15) is 6.04 Å². The van der Waals surface area contributed by atoms with Gasteiger partial charge in [-0.25, -0.2) is 0 Å². The maximum absolute atomic E-state index is 10.1. The maximum atomic E-state index is 10.1. The molecule has 0 rings (SSSR count). The fraction of sp³-hybridized carbons (Fsp3) is 0.846. The number of hydrogen-bond acceptors (Lipinski definition) is 3. The molecule has 4 N–H and O–H groups in total. The Morgan fingerprint density at radius 3 is 1.72 bits per heavy atom. The van der Waals surface area contributed by atoms with Crippen LogP contribution in [0, 0.1) is 0 Å². The first-order chi connectivity index (χ1) is 8.41. The molecule has 1 atom stereocenters. The number of hydrogen-bond donors (Lipinski definition) is 3. The van der Waals surface area contributed by atoms with E-state index in [2.05, 4.69) is 6.92 Å². The Labute approximate surface area is 109 Å². The van der Waals surface area contributed by atoms with Crippen molar-refractivity contribution in [2.24, 2.45) is 5.73 Å². The number of nitrogens with two attached hydrogens (primary N) is 1. The summed E-state index contributed by atoms with van der Waals surface area (Å²) in [6.07, 6.45) is 8.64. The van der Waals surface area contributed by atoms with Crippen molar-refractivity contribution in [1.29, 1.82) is 0 Å². The molecule has 0 unspecified atom stereocenters. The van der Waals surface area contributed by atoms with Crippen LogP contribution in [0.25, 0.3) is 0 Å². The lowest BCUT2D eigenvalue weighted by Crippen LogP contribution is -2.25. The third kappa shape index (κ3) is 20.3. The van der Waals surface area contributed by atoms with Crippen LogP contribution in [0.1, 0.15) is 65.2 Å². The average molecular weight is 261 g/mol. The highest BCUT2D eigenvalue weighted by atomic mass is 16.4. The van der Waals surface area contributed by atoms with Gasteiger partial charge in [-0.3, -0.25) is 9.59 Å². The topological polar surface area (TPSA) is 101 Å². The standard InChI is InChI=1S/C10H20O2.C3H7NO2/c1-2-3-4-5-6-7-8-9-10(11)12;1-2(4)3(5)6/h2-9H2,1H3,(H,11,12);2H,4H2,1H3,(H,5,6)/t;2-/m.0/s1. The van der Waals surface area contributed by atoms with Crippen LogP contribution in [0.4, 0.5) is 0 Å². The van der Waals surface area contributed by atoms with Crippen LogP contribution in [-0.2, 0) is 9.59 Å². The lowest BCUT2D eigenvalue weighted by Gasteiger charge is -1.98.